The molecule has 0 aliphatic heterocycles. The number of aryl methyl sites for hydroxylation is 1. The minimum atomic E-state index is 0.0352. The van der Waals surface area contributed by atoms with Gasteiger partial charge in [0.25, 0.3) is 0 Å². The van der Waals surface area contributed by atoms with Crippen LogP contribution in [0.1, 0.15) is 36.8 Å². The Balaban J connectivity index is 2.33. The molecule has 1 rings (SSSR count). The van der Waals surface area contributed by atoms with E-state index in [0.717, 1.165) is 36.1 Å². The Labute approximate surface area is 104 Å². The third kappa shape index (κ3) is 5.05. The van der Waals surface area contributed by atoms with E-state index < -0.39 is 0 Å². The minimum absolute atomic E-state index is 0.0352. The highest BCUT2D eigenvalue weighted by molar-refractivity contribution is 5.36. The molecular formula is C15H22O2. The summed E-state index contributed by atoms with van der Waals surface area (Å²) < 4.78 is 5.68. The van der Waals surface area contributed by atoms with E-state index in [0.29, 0.717) is 6.61 Å². The van der Waals surface area contributed by atoms with Crippen LogP contribution in [0.2, 0.25) is 0 Å². The zero-order valence-electron chi connectivity index (χ0n) is 10.6. The summed E-state index contributed by atoms with van der Waals surface area (Å²) in [6.07, 6.45) is 6.41. The van der Waals surface area contributed by atoms with Crippen molar-refractivity contribution in [2.45, 2.75) is 39.2 Å². The van der Waals surface area contributed by atoms with Gasteiger partial charge >= 0.3 is 0 Å². The van der Waals surface area contributed by atoms with Crippen molar-refractivity contribution < 1.29 is 9.84 Å². The molecule has 0 heterocycles. The molecule has 1 aromatic carbocycles. The lowest BCUT2D eigenvalue weighted by atomic mass is 10.1. The number of hydrogen-bond acceptors (Lipinski definition) is 2. The van der Waals surface area contributed by atoms with E-state index in [1.165, 1.54) is 6.42 Å². The van der Waals surface area contributed by atoms with Crippen LogP contribution in [0.25, 0.3) is 0 Å². The first kappa shape index (κ1) is 13.8. The Morgan fingerprint density at radius 3 is 2.82 bits per heavy atom. The number of unbranched alkanes of at least 4 members (excludes halogenated alkanes) is 3. The molecule has 2 nitrogen and oxygen atoms in total. The van der Waals surface area contributed by atoms with Gasteiger partial charge in [-0.3, -0.25) is 0 Å². The van der Waals surface area contributed by atoms with Gasteiger partial charge in [0.05, 0.1) is 13.2 Å². The van der Waals surface area contributed by atoms with Crippen molar-refractivity contribution >= 4 is 0 Å². The molecule has 17 heavy (non-hydrogen) atoms. The first-order chi connectivity index (χ1) is 8.27. The van der Waals surface area contributed by atoms with Crippen molar-refractivity contribution in [1.82, 2.24) is 0 Å². The van der Waals surface area contributed by atoms with Gasteiger partial charge in [-0.15, -0.1) is 6.58 Å². The standard InChI is InChI=1S/C15H22O2/c1-3-4-5-6-7-10-17-15-9-8-13(2)11-14(15)12-16/h3,8-9,11,16H,1,4-7,10,12H2,2H3. The summed E-state index contributed by atoms with van der Waals surface area (Å²) in [5, 5.41) is 9.22. The first-order valence-corrected chi connectivity index (χ1v) is 6.22. The molecule has 0 spiro atoms. The summed E-state index contributed by atoms with van der Waals surface area (Å²) in [6.45, 7) is 6.46. The Bertz CT molecular complexity index is 345. The van der Waals surface area contributed by atoms with Crippen molar-refractivity contribution in [3.8, 4) is 5.75 Å². The highest BCUT2D eigenvalue weighted by Gasteiger charge is 2.02. The van der Waals surface area contributed by atoms with Crippen molar-refractivity contribution in [3.05, 3.63) is 42.0 Å². The van der Waals surface area contributed by atoms with Crippen LogP contribution in [0, 0.1) is 6.92 Å². The minimum Gasteiger partial charge on any atom is -0.493 e. The van der Waals surface area contributed by atoms with Crippen molar-refractivity contribution in [2.75, 3.05) is 6.61 Å². The predicted molar refractivity (Wildman–Crippen MR) is 71.3 cm³/mol. The second kappa shape index (κ2) is 7.91. The third-order valence-corrected chi connectivity index (χ3v) is 2.70. The fraction of sp³-hybridized carbons (Fsp3) is 0.467. The van der Waals surface area contributed by atoms with Crippen LogP contribution in [0.5, 0.6) is 5.75 Å². The van der Waals surface area contributed by atoms with Crippen LogP contribution in [0.4, 0.5) is 0 Å². The molecule has 1 N–H and O–H groups in total. The van der Waals surface area contributed by atoms with Crippen molar-refractivity contribution in [1.29, 1.82) is 0 Å². The Kier molecular flexibility index (Phi) is 6.41. The van der Waals surface area contributed by atoms with Gasteiger partial charge in [0.15, 0.2) is 0 Å². The number of benzene rings is 1. The molecule has 0 saturated carbocycles. The largest absolute Gasteiger partial charge is 0.493 e. The van der Waals surface area contributed by atoms with Gasteiger partial charge < -0.3 is 9.84 Å². The summed E-state index contributed by atoms with van der Waals surface area (Å²) >= 11 is 0. The van der Waals surface area contributed by atoms with Gasteiger partial charge in [0.2, 0.25) is 0 Å². The topological polar surface area (TPSA) is 29.5 Å². The van der Waals surface area contributed by atoms with E-state index >= 15 is 0 Å². The fourth-order valence-corrected chi connectivity index (χ4v) is 1.72. The Morgan fingerprint density at radius 1 is 1.29 bits per heavy atom. The molecule has 0 aliphatic carbocycles. The monoisotopic (exact) mass is 234 g/mol. The van der Waals surface area contributed by atoms with Gasteiger partial charge in [-0.1, -0.05) is 23.8 Å². The number of rotatable bonds is 8. The van der Waals surface area contributed by atoms with Gasteiger partial charge in [0, 0.05) is 5.56 Å². The molecule has 1 aromatic rings. The third-order valence-electron chi connectivity index (χ3n) is 2.70. The average Bonchev–Trinajstić information content (AvgIpc) is 2.35. The van der Waals surface area contributed by atoms with Gasteiger partial charge in [0.1, 0.15) is 5.75 Å². The smallest absolute Gasteiger partial charge is 0.124 e. The maximum atomic E-state index is 9.22. The highest BCUT2D eigenvalue weighted by Crippen LogP contribution is 2.20. The summed E-state index contributed by atoms with van der Waals surface area (Å²) in [6, 6.07) is 5.91. The molecule has 0 atom stereocenters. The van der Waals surface area contributed by atoms with Crippen LogP contribution in [-0.2, 0) is 6.61 Å². The van der Waals surface area contributed by atoms with E-state index in [1.807, 2.05) is 31.2 Å². The molecule has 0 aliphatic rings. The lowest BCUT2D eigenvalue weighted by molar-refractivity contribution is 0.260. The zero-order valence-corrected chi connectivity index (χ0v) is 10.6. The van der Waals surface area contributed by atoms with Crippen LogP contribution < -0.4 is 4.74 Å². The van der Waals surface area contributed by atoms with Gasteiger partial charge in [-0.2, -0.15) is 0 Å². The Morgan fingerprint density at radius 2 is 2.12 bits per heavy atom. The average molecular weight is 234 g/mol. The molecule has 2 heteroatoms. The maximum Gasteiger partial charge on any atom is 0.124 e. The molecule has 0 bridgehead atoms. The second-order valence-electron chi connectivity index (χ2n) is 4.26. The van der Waals surface area contributed by atoms with E-state index in [1.54, 1.807) is 0 Å². The van der Waals surface area contributed by atoms with Crippen molar-refractivity contribution in [2.24, 2.45) is 0 Å². The molecule has 0 aromatic heterocycles. The van der Waals surface area contributed by atoms with Crippen molar-refractivity contribution in [3.63, 3.8) is 0 Å². The van der Waals surface area contributed by atoms with Gasteiger partial charge in [-0.25, -0.2) is 0 Å². The summed E-state index contributed by atoms with van der Waals surface area (Å²) in [7, 11) is 0. The zero-order chi connectivity index (χ0) is 12.5. The summed E-state index contributed by atoms with van der Waals surface area (Å²) in [5.74, 6) is 0.807. The lowest BCUT2D eigenvalue weighted by Gasteiger charge is -2.10. The maximum absolute atomic E-state index is 9.22. The van der Waals surface area contributed by atoms with E-state index in [-0.39, 0.29) is 6.61 Å². The lowest BCUT2D eigenvalue weighted by Crippen LogP contribution is -2.00. The van der Waals surface area contributed by atoms with Crippen LogP contribution in [-0.4, -0.2) is 11.7 Å². The number of aliphatic hydroxyl groups excluding tert-OH is 1. The molecule has 0 radical (unpaired) electrons. The van der Waals surface area contributed by atoms with E-state index in [9.17, 15) is 5.11 Å². The predicted octanol–water partition coefficient (Wildman–Crippen LogP) is 3.61. The molecule has 0 saturated heterocycles. The molecule has 0 amide bonds. The van der Waals surface area contributed by atoms with Crippen LogP contribution in [0.3, 0.4) is 0 Å². The van der Waals surface area contributed by atoms with E-state index in [4.69, 9.17) is 4.74 Å². The molecule has 0 fully saturated rings. The summed E-state index contributed by atoms with van der Waals surface area (Å²) in [5.41, 5.74) is 2.02. The number of ether oxygens (including phenoxy) is 1. The highest BCUT2D eigenvalue weighted by atomic mass is 16.5. The number of aliphatic hydroxyl groups is 1. The first-order valence-electron chi connectivity index (χ1n) is 6.22. The number of allylic oxidation sites excluding steroid dienone is 1. The second-order valence-corrected chi connectivity index (χ2v) is 4.26. The van der Waals surface area contributed by atoms with Gasteiger partial charge in [-0.05, 0) is 38.7 Å². The van der Waals surface area contributed by atoms with E-state index in [2.05, 4.69) is 6.58 Å². The molecular weight excluding hydrogens is 212 g/mol. The fourth-order valence-electron chi connectivity index (χ4n) is 1.72. The molecule has 0 unspecified atom stereocenters. The van der Waals surface area contributed by atoms with Crippen LogP contribution >= 0.6 is 0 Å². The summed E-state index contributed by atoms with van der Waals surface area (Å²) in [4.78, 5) is 0. The Hall–Kier alpha value is -1.28. The molecule has 94 valence electrons. The van der Waals surface area contributed by atoms with Crippen LogP contribution in [0.15, 0.2) is 30.9 Å². The normalized spacial score (nSPS) is 10.2. The quantitative estimate of drug-likeness (QED) is 0.550. The number of hydrogen-bond donors (Lipinski definition) is 1. The SMILES string of the molecule is C=CCCCCCOc1ccc(C)cc1CO.